The summed E-state index contributed by atoms with van der Waals surface area (Å²) in [6, 6.07) is 15.6. The summed E-state index contributed by atoms with van der Waals surface area (Å²) in [5.74, 6) is 0.392. The molecule has 0 N–H and O–H groups in total. The van der Waals surface area contributed by atoms with Crippen LogP contribution in [0.1, 0.15) is 44.3 Å². The van der Waals surface area contributed by atoms with E-state index in [0.29, 0.717) is 34.1 Å². The molecule has 166 valence electrons. The molecule has 0 radical (unpaired) electrons. The molecule has 2 aliphatic rings. The van der Waals surface area contributed by atoms with Crippen LogP contribution < -0.4 is 4.90 Å². The fraction of sp³-hybridized carbons (Fsp3) is 0.231. The van der Waals surface area contributed by atoms with E-state index in [4.69, 9.17) is 11.6 Å². The minimum Gasteiger partial charge on any atom is -0.325 e. The lowest BCUT2D eigenvalue weighted by Gasteiger charge is -2.26. The lowest BCUT2D eigenvalue weighted by atomic mass is 10.0. The highest BCUT2D eigenvalue weighted by molar-refractivity contribution is 6.30. The minimum absolute atomic E-state index is 0.0311. The van der Waals surface area contributed by atoms with Crippen molar-refractivity contribution in [1.82, 2.24) is 9.88 Å². The maximum atomic E-state index is 13.2. The van der Waals surface area contributed by atoms with Crippen molar-refractivity contribution in [2.45, 2.75) is 32.4 Å². The summed E-state index contributed by atoms with van der Waals surface area (Å²) in [6.45, 7) is 2.64. The van der Waals surface area contributed by atoms with Gasteiger partial charge in [-0.25, -0.2) is 4.98 Å². The van der Waals surface area contributed by atoms with Crippen LogP contribution in [0.25, 0.3) is 0 Å². The van der Waals surface area contributed by atoms with Crippen molar-refractivity contribution in [2.24, 2.45) is 0 Å². The number of nitrogens with zero attached hydrogens (tertiary/aromatic N) is 3. The maximum Gasteiger partial charge on any atom is 0.259 e. The van der Waals surface area contributed by atoms with Crippen LogP contribution in [0.3, 0.4) is 0 Å². The van der Waals surface area contributed by atoms with E-state index in [1.54, 1.807) is 53.3 Å². The number of amides is 2. The Bertz CT molecular complexity index is 1270. The molecule has 0 bridgehead atoms. The number of benzene rings is 2. The molecule has 0 spiro atoms. The first-order valence-corrected chi connectivity index (χ1v) is 11.3. The molecule has 1 aromatic heterocycles. The Kier molecular flexibility index (Phi) is 5.46. The number of fused-ring (bicyclic) bond motifs is 2. The third kappa shape index (κ3) is 3.91. The van der Waals surface area contributed by atoms with E-state index in [1.165, 1.54) is 0 Å². The Morgan fingerprint density at radius 3 is 2.67 bits per heavy atom. The second-order valence-electron chi connectivity index (χ2n) is 8.44. The van der Waals surface area contributed by atoms with Gasteiger partial charge in [-0.15, -0.1) is 0 Å². The number of anilines is 1. The van der Waals surface area contributed by atoms with E-state index in [0.717, 1.165) is 17.5 Å². The van der Waals surface area contributed by atoms with Crippen LogP contribution >= 0.6 is 11.6 Å². The molecule has 1 atom stereocenters. The van der Waals surface area contributed by atoms with E-state index >= 15 is 0 Å². The second kappa shape index (κ2) is 8.45. The first kappa shape index (κ1) is 21.3. The Labute approximate surface area is 196 Å². The first-order chi connectivity index (χ1) is 15.9. The van der Waals surface area contributed by atoms with Crippen molar-refractivity contribution in [2.75, 3.05) is 11.4 Å². The third-order valence-corrected chi connectivity index (χ3v) is 6.62. The molecular formula is C26H22ClN3O3. The predicted octanol–water partition coefficient (Wildman–Crippen LogP) is 4.09. The number of Topliss-reactive ketones (excluding diaryl/α,β-unsaturated/α-hetero) is 1. The Morgan fingerprint density at radius 2 is 1.88 bits per heavy atom. The van der Waals surface area contributed by atoms with E-state index in [-0.39, 0.29) is 30.6 Å². The van der Waals surface area contributed by atoms with Gasteiger partial charge in [0, 0.05) is 41.9 Å². The highest BCUT2D eigenvalue weighted by atomic mass is 35.5. The van der Waals surface area contributed by atoms with Gasteiger partial charge in [-0.2, -0.15) is 0 Å². The molecule has 2 amide bonds. The molecule has 2 aromatic carbocycles. The van der Waals surface area contributed by atoms with Crippen LogP contribution in [0, 0.1) is 0 Å². The highest BCUT2D eigenvalue weighted by Crippen LogP contribution is 2.28. The lowest BCUT2D eigenvalue weighted by Crippen LogP contribution is -2.41. The number of carbonyl (C=O) groups is 3. The number of hydrogen-bond donors (Lipinski definition) is 0. The van der Waals surface area contributed by atoms with Gasteiger partial charge in [0.1, 0.15) is 5.82 Å². The number of ketones is 1. The smallest absolute Gasteiger partial charge is 0.259 e. The zero-order valence-electron chi connectivity index (χ0n) is 18.1. The molecule has 3 heterocycles. The van der Waals surface area contributed by atoms with Crippen LogP contribution in [0.2, 0.25) is 5.02 Å². The van der Waals surface area contributed by atoms with Gasteiger partial charge in [-0.3, -0.25) is 19.3 Å². The minimum atomic E-state index is -0.558. The van der Waals surface area contributed by atoms with Crippen molar-refractivity contribution in [1.29, 1.82) is 0 Å². The molecule has 3 aromatic rings. The fourth-order valence-electron chi connectivity index (χ4n) is 4.48. The van der Waals surface area contributed by atoms with Gasteiger partial charge >= 0.3 is 0 Å². The molecular weight excluding hydrogens is 438 g/mol. The van der Waals surface area contributed by atoms with Gasteiger partial charge < -0.3 is 4.90 Å². The molecule has 0 unspecified atom stereocenters. The molecule has 0 saturated carbocycles. The number of aromatic nitrogens is 1. The van der Waals surface area contributed by atoms with Gasteiger partial charge in [-0.05, 0) is 66.4 Å². The van der Waals surface area contributed by atoms with Crippen LogP contribution in [0.5, 0.6) is 0 Å². The number of halogens is 1. The summed E-state index contributed by atoms with van der Waals surface area (Å²) < 4.78 is 0. The summed E-state index contributed by atoms with van der Waals surface area (Å²) in [5.41, 5.74) is 3.64. The largest absolute Gasteiger partial charge is 0.325 e. The van der Waals surface area contributed by atoms with Crippen molar-refractivity contribution < 1.29 is 14.4 Å². The second-order valence-corrected chi connectivity index (χ2v) is 8.88. The van der Waals surface area contributed by atoms with Gasteiger partial charge in [0.15, 0.2) is 5.78 Å². The van der Waals surface area contributed by atoms with Crippen LogP contribution in [-0.2, 0) is 24.2 Å². The van der Waals surface area contributed by atoms with E-state index in [2.05, 4.69) is 4.98 Å². The molecule has 2 aliphatic heterocycles. The lowest BCUT2D eigenvalue weighted by molar-refractivity contribution is -0.122. The van der Waals surface area contributed by atoms with Crippen molar-refractivity contribution >= 4 is 35.0 Å². The van der Waals surface area contributed by atoms with Crippen molar-refractivity contribution in [3.8, 4) is 0 Å². The summed E-state index contributed by atoms with van der Waals surface area (Å²) in [4.78, 5) is 46.6. The van der Waals surface area contributed by atoms with Gasteiger partial charge in [0.2, 0.25) is 0 Å². The van der Waals surface area contributed by atoms with E-state index in [9.17, 15) is 14.4 Å². The molecule has 0 fully saturated rings. The van der Waals surface area contributed by atoms with Gasteiger partial charge in [0.05, 0.1) is 6.04 Å². The third-order valence-electron chi connectivity index (χ3n) is 6.38. The maximum absolute atomic E-state index is 13.2. The standard InChI is InChI=1S/C26H22ClN3O3/c1-16-23(31)14-20-13-21(27)8-9-22(20)26(33)30(16)15-17-4-6-19(7-5-17)25(32)29-12-10-18-3-2-11-28-24(18)29/h2-9,11,13,16H,10,12,14-15H2,1H3/t16-/m1/s1. The Balaban J connectivity index is 1.36. The molecule has 6 nitrogen and oxygen atoms in total. The topological polar surface area (TPSA) is 70.6 Å². The summed E-state index contributed by atoms with van der Waals surface area (Å²) >= 11 is 6.07. The molecule has 7 heteroatoms. The van der Waals surface area contributed by atoms with Crippen LogP contribution in [0.4, 0.5) is 5.82 Å². The van der Waals surface area contributed by atoms with E-state index in [1.807, 2.05) is 24.3 Å². The zero-order chi connectivity index (χ0) is 23.1. The normalized spacial score (nSPS) is 17.6. The monoisotopic (exact) mass is 459 g/mol. The summed E-state index contributed by atoms with van der Waals surface area (Å²) in [5, 5.41) is 0.506. The fourth-order valence-corrected chi connectivity index (χ4v) is 4.67. The number of pyridine rings is 1. The zero-order valence-corrected chi connectivity index (χ0v) is 18.9. The molecule has 33 heavy (non-hydrogen) atoms. The highest BCUT2D eigenvalue weighted by Gasteiger charge is 2.32. The van der Waals surface area contributed by atoms with Crippen LogP contribution in [0.15, 0.2) is 60.8 Å². The van der Waals surface area contributed by atoms with Crippen molar-refractivity contribution in [3.63, 3.8) is 0 Å². The number of hydrogen-bond acceptors (Lipinski definition) is 4. The predicted molar refractivity (Wildman–Crippen MR) is 126 cm³/mol. The Hall–Kier alpha value is -3.51. The number of rotatable bonds is 3. The van der Waals surface area contributed by atoms with E-state index < -0.39 is 6.04 Å². The molecule has 5 rings (SSSR count). The summed E-state index contributed by atoms with van der Waals surface area (Å²) in [7, 11) is 0. The molecule has 0 saturated heterocycles. The molecule has 0 aliphatic carbocycles. The first-order valence-electron chi connectivity index (χ1n) is 10.9. The van der Waals surface area contributed by atoms with Gasteiger partial charge in [0.25, 0.3) is 11.8 Å². The quantitative estimate of drug-likeness (QED) is 0.591. The average Bonchev–Trinajstić information content (AvgIpc) is 3.23. The summed E-state index contributed by atoms with van der Waals surface area (Å²) in [6.07, 6.45) is 2.67. The number of carbonyl (C=O) groups excluding carboxylic acids is 3. The average molecular weight is 460 g/mol. The van der Waals surface area contributed by atoms with Crippen LogP contribution in [-0.4, -0.2) is 40.1 Å². The Morgan fingerprint density at radius 1 is 1.09 bits per heavy atom. The van der Waals surface area contributed by atoms with Crippen molar-refractivity contribution in [3.05, 3.63) is 93.6 Å². The SMILES string of the molecule is C[C@@H]1C(=O)Cc2cc(Cl)ccc2C(=O)N1Cc1ccc(C(=O)N2CCc3cccnc32)cc1. The van der Waals surface area contributed by atoms with Gasteiger partial charge in [-0.1, -0.05) is 29.8 Å².